The van der Waals surface area contributed by atoms with E-state index in [0.29, 0.717) is 13.2 Å². The van der Waals surface area contributed by atoms with Gasteiger partial charge in [0.1, 0.15) is 5.82 Å². The summed E-state index contributed by atoms with van der Waals surface area (Å²) in [6.45, 7) is 8.11. The van der Waals surface area contributed by atoms with E-state index < -0.39 is 0 Å². The van der Waals surface area contributed by atoms with E-state index in [1.807, 2.05) is 18.2 Å². The SMILES string of the molecule is CCNCc1cccc(N(CCOC)C(C)COC)n1. The van der Waals surface area contributed by atoms with Gasteiger partial charge in [0.05, 0.1) is 24.9 Å². The summed E-state index contributed by atoms with van der Waals surface area (Å²) in [4.78, 5) is 6.94. The van der Waals surface area contributed by atoms with Crippen LogP contribution in [0.3, 0.4) is 0 Å². The minimum Gasteiger partial charge on any atom is -0.383 e. The second kappa shape index (κ2) is 9.69. The highest BCUT2D eigenvalue weighted by Crippen LogP contribution is 2.15. The molecule has 0 saturated heterocycles. The largest absolute Gasteiger partial charge is 0.383 e. The van der Waals surface area contributed by atoms with Crippen LogP contribution in [0.25, 0.3) is 0 Å². The lowest BCUT2D eigenvalue weighted by atomic mass is 10.2. The summed E-state index contributed by atoms with van der Waals surface area (Å²) in [5.74, 6) is 0.974. The van der Waals surface area contributed by atoms with E-state index in [2.05, 4.69) is 24.1 Å². The Morgan fingerprint density at radius 3 is 2.75 bits per heavy atom. The minimum absolute atomic E-state index is 0.261. The number of aromatic nitrogens is 1. The number of nitrogens with zero attached hydrogens (tertiary/aromatic N) is 2. The Bertz CT molecular complexity index is 374. The second-order valence-corrected chi connectivity index (χ2v) is 4.76. The monoisotopic (exact) mass is 281 g/mol. The van der Waals surface area contributed by atoms with Gasteiger partial charge in [0.25, 0.3) is 0 Å². The van der Waals surface area contributed by atoms with Crippen molar-refractivity contribution < 1.29 is 9.47 Å². The summed E-state index contributed by atoms with van der Waals surface area (Å²) in [6, 6.07) is 6.39. The van der Waals surface area contributed by atoms with Crippen LogP contribution in [0.5, 0.6) is 0 Å². The number of pyridine rings is 1. The summed E-state index contributed by atoms with van der Waals surface area (Å²) in [5.41, 5.74) is 1.05. The molecule has 0 fully saturated rings. The van der Waals surface area contributed by atoms with Gasteiger partial charge < -0.3 is 19.7 Å². The maximum Gasteiger partial charge on any atom is 0.129 e. The standard InChI is InChI=1S/C15H27N3O2/c1-5-16-11-14-7-6-8-15(17-14)18(9-10-19-3)13(2)12-20-4/h6-8,13,16H,5,9-12H2,1-4H3. The molecule has 0 radical (unpaired) electrons. The average molecular weight is 281 g/mol. The molecule has 0 bridgehead atoms. The normalized spacial score (nSPS) is 12.4. The molecule has 1 atom stereocenters. The minimum atomic E-state index is 0.261. The van der Waals surface area contributed by atoms with Gasteiger partial charge in [-0.1, -0.05) is 13.0 Å². The van der Waals surface area contributed by atoms with Crippen molar-refractivity contribution in [2.45, 2.75) is 26.4 Å². The molecule has 0 aliphatic carbocycles. The quantitative estimate of drug-likeness (QED) is 0.707. The summed E-state index contributed by atoms with van der Waals surface area (Å²) in [5, 5.41) is 3.30. The van der Waals surface area contributed by atoms with E-state index in [1.165, 1.54) is 0 Å². The van der Waals surface area contributed by atoms with E-state index >= 15 is 0 Å². The first-order valence-electron chi connectivity index (χ1n) is 7.14. The lowest BCUT2D eigenvalue weighted by Crippen LogP contribution is -2.39. The number of anilines is 1. The lowest BCUT2D eigenvalue weighted by Gasteiger charge is -2.30. The number of rotatable bonds is 10. The molecule has 5 heteroatoms. The van der Waals surface area contributed by atoms with Crippen LogP contribution < -0.4 is 10.2 Å². The zero-order valence-electron chi connectivity index (χ0n) is 13.1. The summed E-state index contributed by atoms with van der Waals surface area (Å²) in [7, 11) is 3.44. The molecule has 1 N–H and O–H groups in total. The first-order valence-corrected chi connectivity index (χ1v) is 7.14. The topological polar surface area (TPSA) is 46.6 Å². The Morgan fingerprint density at radius 1 is 1.30 bits per heavy atom. The van der Waals surface area contributed by atoms with Crippen LogP contribution in [-0.2, 0) is 16.0 Å². The lowest BCUT2D eigenvalue weighted by molar-refractivity contribution is 0.170. The molecule has 0 amide bonds. The van der Waals surface area contributed by atoms with Crippen molar-refractivity contribution in [3.63, 3.8) is 0 Å². The maximum atomic E-state index is 5.26. The van der Waals surface area contributed by atoms with Crippen molar-refractivity contribution in [3.8, 4) is 0 Å². The maximum absolute atomic E-state index is 5.26. The molecule has 1 aromatic heterocycles. The zero-order chi connectivity index (χ0) is 14.8. The first-order chi connectivity index (χ1) is 9.72. The third-order valence-corrected chi connectivity index (χ3v) is 3.12. The van der Waals surface area contributed by atoms with Gasteiger partial charge in [-0.2, -0.15) is 0 Å². The highest BCUT2D eigenvalue weighted by Gasteiger charge is 2.15. The van der Waals surface area contributed by atoms with Crippen molar-refractivity contribution >= 4 is 5.82 Å². The Kier molecular flexibility index (Phi) is 8.18. The third-order valence-electron chi connectivity index (χ3n) is 3.12. The van der Waals surface area contributed by atoms with Gasteiger partial charge in [0.15, 0.2) is 0 Å². The van der Waals surface area contributed by atoms with E-state index in [0.717, 1.165) is 31.1 Å². The fraction of sp³-hybridized carbons (Fsp3) is 0.667. The number of methoxy groups -OCH3 is 2. The number of hydrogen-bond donors (Lipinski definition) is 1. The van der Waals surface area contributed by atoms with E-state index in [9.17, 15) is 0 Å². The fourth-order valence-electron chi connectivity index (χ4n) is 2.06. The zero-order valence-corrected chi connectivity index (χ0v) is 13.1. The van der Waals surface area contributed by atoms with Gasteiger partial charge in [0.2, 0.25) is 0 Å². The van der Waals surface area contributed by atoms with Crippen molar-refractivity contribution in [1.82, 2.24) is 10.3 Å². The highest BCUT2D eigenvalue weighted by molar-refractivity contribution is 5.40. The molecule has 114 valence electrons. The Balaban J connectivity index is 2.82. The predicted molar refractivity (Wildman–Crippen MR) is 82.2 cm³/mol. The number of ether oxygens (including phenoxy) is 2. The molecule has 1 heterocycles. The molecule has 0 aliphatic heterocycles. The molecule has 0 aliphatic rings. The third kappa shape index (κ3) is 5.45. The number of hydrogen-bond acceptors (Lipinski definition) is 5. The molecule has 0 saturated carbocycles. The number of nitrogens with one attached hydrogen (secondary N) is 1. The molecule has 0 spiro atoms. The summed E-state index contributed by atoms with van der Waals surface area (Å²) in [6.07, 6.45) is 0. The van der Waals surface area contributed by atoms with E-state index in [4.69, 9.17) is 14.5 Å². The Labute approximate surface area is 122 Å². The molecule has 5 nitrogen and oxygen atoms in total. The second-order valence-electron chi connectivity index (χ2n) is 4.76. The van der Waals surface area contributed by atoms with Crippen LogP contribution in [0.2, 0.25) is 0 Å². The highest BCUT2D eigenvalue weighted by atomic mass is 16.5. The van der Waals surface area contributed by atoms with Crippen molar-refractivity contribution in [1.29, 1.82) is 0 Å². The predicted octanol–water partition coefficient (Wildman–Crippen LogP) is 1.68. The van der Waals surface area contributed by atoms with E-state index in [1.54, 1.807) is 14.2 Å². The van der Waals surface area contributed by atoms with Crippen molar-refractivity contribution in [2.24, 2.45) is 0 Å². The van der Waals surface area contributed by atoms with Crippen LogP contribution in [0, 0.1) is 0 Å². The fourth-order valence-corrected chi connectivity index (χ4v) is 2.06. The van der Waals surface area contributed by atoms with Crippen LogP contribution >= 0.6 is 0 Å². The molecule has 20 heavy (non-hydrogen) atoms. The Hall–Kier alpha value is -1.17. The van der Waals surface area contributed by atoms with Crippen LogP contribution in [-0.4, -0.2) is 51.5 Å². The average Bonchev–Trinajstić information content (AvgIpc) is 2.46. The van der Waals surface area contributed by atoms with Gasteiger partial charge in [-0.3, -0.25) is 0 Å². The van der Waals surface area contributed by atoms with Crippen LogP contribution in [0.15, 0.2) is 18.2 Å². The summed E-state index contributed by atoms with van der Waals surface area (Å²) < 4.78 is 10.5. The van der Waals surface area contributed by atoms with E-state index in [-0.39, 0.29) is 6.04 Å². The van der Waals surface area contributed by atoms with Gasteiger partial charge in [-0.15, -0.1) is 0 Å². The molecule has 0 aromatic carbocycles. The molecular formula is C15H27N3O2. The smallest absolute Gasteiger partial charge is 0.129 e. The molecular weight excluding hydrogens is 254 g/mol. The van der Waals surface area contributed by atoms with Crippen molar-refractivity contribution in [3.05, 3.63) is 23.9 Å². The van der Waals surface area contributed by atoms with Gasteiger partial charge in [-0.25, -0.2) is 4.98 Å². The summed E-state index contributed by atoms with van der Waals surface area (Å²) >= 11 is 0. The molecule has 1 unspecified atom stereocenters. The van der Waals surface area contributed by atoms with Gasteiger partial charge in [0, 0.05) is 27.3 Å². The molecule has 1 aromatic rings. The van der Waals surface area contributed by atoms with Crippen LogP contribution in [0.1, 0.15) is 19.5 Å². The van der Waals surface area contributed by atoms with Crippen molar-refractivity contribution in [2.75, 3.05) is 45.4 Å². The first kappa shape index (κ1) is 16.9. The van der Waals surface area contributed by atoms with Gasteiger partial charge >= 0.3 is 0 Å². The van der Waals surface area contributed by atoms with Crippen LogP contribution in [0.4, 0.5) is 5.82 Å². The van der Waals surface area contributed by atoms with Gasteiger partial charge in [-0.05, 0) is 25.6 Å². The Morgan fingerprint density at radius 2 is 2.10 bits per heavy atom. The molecule has 1 rings (SSSR count).